The van der Waals surface area contributed by atoms with E-state index in [1.807, 2.05) is 30.3 Å². The Labute approximate surface area is 106 Å². The normalized spacial score (nSPS) is 18.1. The summed E-state index contributed by atoms with van der Waals surface area (Å²) in [4.78, 5) is 0. The molecule has 1 aliphatic carbocycles. The lowest BCUT2D eigenvalue weighted by Gasteiger charge is -2.17. The van der Waals surface area contributed by atoms with Gasteiger partial charge in [-0.3, -0.25) is 10.9 Å². The van der Waals surface area contributed by atoms with Crippen molar-refractivity contribution in [3.63, 3.8) is 0 Å². The fourth-order valence-corrected chi connectivity index (χ4v) is 1.94. The molecule has 4 heteroatoms. The van der Waals surface area contributed by atoms with Crippen LogP contribution in [0.3, 0.4) is 0 Å². The lowest BCUT2D eigenvalue weighted by atomic mass is 10.0. The van der Waals surface area contributed by atoms with Crippen LogP contribution in [0, 0.1) is 0 Å². The smallest absolute Gasteiger partial charge is 0.173 e. The molecule has 0 saturated carbocycles. The summed E-state index contributed by atoms with van der Waals surface area (Å²) >= 11 is 0. The van der Waals surface area contributed by atoms with Crippen molar-refractivity contribution in [3.05, 3.63) is 59.7 Å². The molecular formula is C14H14N4. The number of hydrogen-bond acceptors (Lipinski definition) is 4. The second-order valence-electron chi connectivity index (χ2n) is 4.17. The molecule has 0 radical (unpaired) electrons. The van der Waals surface area contributed by atoms with Crippen molar-refractivity contribution in [1.29, 1.82) is 0 Å². The zero-order valence-electron chi connectivity index (χ0n) is 9.93. The van der Waals surface area contributed by atoms with Crippen molar-refractivity contribution in [2.45, 2.75) is 12.8 Å². The monoisotopic (exact) mass is 238 g/mol. The molecule has 0 spiro atoms. The molecule has 1 aliphatic heterocycles. The summed E-state index contributed by atoms with van der Waals surface area (Å²) in [7, 11) is 0. The molecule has 1 aromatic carbocycles. The van der Waals surface area contributed by atoms with Gasteiger partial charge in [-0.15, -0.1) is 0 Å². The van der Waals surface area contributed by atoms with Crippen LogP contribution in [-0.2, 0) is 0 Å². The van der Waals surface area contributed by atoms with E-state index in [1.54, 1.807) is 0 Å². The Hall–Kier alpha value is -2.36. The maximum Gasteiger partial charge on any atom is 0.173 e. The van der Waals surface area contributed by atoms with Gasteiger partial charge in [0.15, 0.2) is 11.7 Å². The molecule has 2 aliphatic rings. The molecule has 2 N–H and O–H groups in total. The summed E-state index contributed by atoms with van der Waals surface area (Å²) < 4.78 is 0. The Morgan fingerprint density at radius 1 is 0.944 bits per heavy atom. The average molecular weight is 238 g/mol. The van der Waals surface area contributed by atoms with Crippen molar-refractivity contribution in [3.8, 4) is 0 Å². The Morgan fingerprint density at radius 2 is 1.72 bits per heavy atom. The molecule has 0 atom stereocenters. The highest BCUT2D eigenvalue weighted by Crippen LogP contribution is 2.13. The van der Waals surface area contributed by atoms with Crippen LogP contribution < -0.4 is 10.9 Å². The van der Waals surface area contributed by atoms with E-state index in [4.69, 9.17) is 0 Å². The maximum absolute atomic E-state index is 4.33. The van der Waals surface area contributed by atoms with Gasteiger partial charge in [0, 0.05) is 5.56 Å². The Morgan fingerprint density at radius 3 is 2.39 bits per heavy atom. The van der Waals surface area contributed by atoms with Gasteiger partial charge in [-0.05, 0) is 18.4 Å². The van der Waals surface area contributed by atoms with E-state index in [-0.39, 0.29) is 0 Å². The Kier molecular flexibility index (Phi) is 2.92. The first-order chi connectivity index (χ1) is 8.93. The summed E-state index contributed by atoms with van der Waals surface area (Å²) in [5.74, 6) is 1.55. The summed E-state index contributed by atoms with van der Waals surface area (Å²) in [6.45, 7) is 0. The second-order valence-corrected chi connectivity index (χ2v) is 4.17. The second kappa shape index (κ2) is 4.87. The van der Waals surface area contributed by atoms with Crippen LogP contribution in [0.4, 0.5) is 0 Å². The molecule has 0 aromatic heterocycles. The average Bonchev–Trinajstić information content (AvgIpc) is 2.49. The molecule has 1 heterocycles. The zero-order chi connectivity index (χ0) is 12.2. The molecule has 90 valence electrons. The van der Waals surface area contributed by atoms with E-state index in [9.17, 15) is 0 Å². The van der Waals surface area contributed by atoms with Gasteiger partial charge < -0.3 is 0 Å². The largest absolute Gasteiger partial charge is 0.258 e. The topological polar surface area (TPSA) is 48.8 Å². The predicted molar refractivity (Wildman–Crippen MR) is 73.1 cm³/mol. The van der Waals surface area contributed by atoms with Crippen LogP contribution in [0.2, 0.25) is 0 Å². The van der Waals surface area contributed by atoms with Gasteiger partial charge in [0.25, 0.3) is 0 Å². The van der Waals surface area contributed by atoms with Crippen molar-refractivity contribution in [2.24, 2.45) is 10.2 Å². The van der Waals surface area contributed by atoms with Gasteiger partial charge in [0.05, 0.1) is 0 Å². The molecular weight excluding hydrogens is 224 g/mol. The van der Waals surface area contributed by atoms with E-state index >= 15 is 0 Å². The first kappa shape index (κ1) is 10.8. The van der Waals surface area contributed by atoms with Crippen molar-refractivity contribution < 1.29 is 0 Å². The third kappa shape index (κ3) is 2.18. The van der Waals surface area contributed by atoms with Crippen LogP contribution in [-0.4, -0.2) is 11.7 Å². The Bertz CT molecular complexity index is 552. The molecule has 3 rings (SSSR count). The first-order valence-corrected chi connectivity index (χ1v) is 6.02. The van der Waals surface area contributed by atoms with Crippen LogP contribution >= 0.6 is 0 Å². The SMILES string of the molecule is C1=CCCC(C2=NNC(c3ccccc3)=NN2)=C1. The van der Waals surface area contributed by atoms with Crippen LogP contribution in [0.1, 0.15) is 18.4 Å². The van der Waals surface area contributed by atoms with Crippen molar-refractivity contribution in [1.82, 2.24) is 10.9 Å². The minimum atomic E-state index is 0.742. The number of benzene rings is 1. The van der Waals surface area contributed by atoms with Crippen LogP contribution in [0.5, 0.6) is 0 Å². The molecule has 4 nitrogen and oxygen atoms in total. The van der Waals surface area contributed by atoms with Crippen molar-refractivity contribution in [2.75, 3.05) is 0 Å². The van der Waals surface area contributed by atoms with Gasteiger partial charge in [-0.25, -0.2) is 0 Å². The van der Waals surface area contributed by atoms with Gasteiger partial charge in [-0.2, -0.15) is 10.2 Å². The van der Waals surface area contributed by atoms with E-state index in [2.05, 4.69) is 39.3 Å². The number of allylic oxidation sites excluding steroid dienone is 3. The summed E-state index contributed by atoms with van der Waals surface area (Å²) in [6, 6.07) is 9.93. The van der Waals surface area contributed by atoms with Crippen molar-refractivity contribution >= 4 is 11.7 Å². The quantitative estimate of drug-likeness (QED) is 0.829. The standard InChI is InChI=1S/C14H14N4/c1-3-7-11(8-4-1)13-15-17-14(18-16-13)12-9-5-2-6-10-12/h1-5,7-9H,6,10H2,(H,15,16)(H,17,18). The van der Waals surface area contributed by atoms with Gasteiger partial charge in [0.1, 0.15) is 0 Å². The number of nitrogens with zero attached hydrogens (tertiary/aromatic N) is 2. The third-order valence-electron chi connectivity index (χ3n) is 2.91. The number of rotatable bonds is 2. The molecule has 1 aromatic rings. The minimum Gasteiger partial charge on any atom is -0.258 e. The van der Waals surface area contributed by atoms with Gasteiger partial charge >= 0.3 is 0 Å². The van der Waals surface area contributed by atoms with Crippen LogP contribution in [0.15, 0.2) is 64.3 Å². The van der Waals surface area contributed by atoms with Crippen LogP contribution in [0.25, 0.3) is 0 Å². The van der Waals surface area contributed by atoms with E-state index in [0.717, 1.165) is 30.1 Å². The lowest BCUT2D eigenvalue weighted by Crippen LogP contribution is -2.35. The zero-order valence-corrected chi connectivity index (χ0v) is 9.93. The molecule has 0 fully saturated rings. The molecule has 0 bridgehead atoms. The highest BCUT2D eigenvalue weighted by molar-refractivity contribution is 6.05. The summed E-state index contributed by atoms with van der Waals surface area (Å²) in [5, 5.41) is 8.65. The summed E-state index contributed by atoms with van der Waals surface area (Å²) in [6.07, 6.45) is 8.33. The fraction of sp³-hybridized carbons (Fsp3) is 0.143. The number of amidine groups is 2. The fourth-order valence-electron chi connectivity index (χ4n) is 1.94. The molecule has 0 amide bonds. The maximum atomic E-state index is 4.33. The summed E-state index contributed by atoms with van der Waals surface area (Å²) in [5.41, 5.74) is 8.20. The number of hydrazone groups is 2. The number of hydrogen-bond donors (Lipinski definition) is 2. The molecule has 0 unspecified atom stereocenters. The van der Waals surface area contributed by atoms with E-state index < -0.39 is 0 Å². The Balaban J connectivity index is 1.74. The predicted octanol–water partition coefficient (Wildman–Crippen LogP) is 2.13. The van der Waals surface area contributed by atoms with Gasteiger partial charge in [0.2, 0.25) is 0 Å². The molecule has 18 heavy (non-hydrogen) atoms. The van der Waals surface area contributed by atoms with E-state index in [0.29, 0.717) is 0 Å². The minimum absolute atomic E-state index is 0.742. The van der Waals surface area contributed by atoms with E-state index in [1.165, 1.54) is 5.57 Å². The highest BCUT2D eigenvalue weighted by Gasteiger charge is 2.13. The highest BCUT2D eigenvalue weighted by atomic mass is 15.5. The van der Waals surface area contributed by atoms with Gasteiger partial charge in [-0.1, -0.05) is 48.6 Å². The third-order valence-corrected chi connectivity index (χ3v) is 2.91. The molecule has 0 saturated heterocycles. The number of nitrogens with one attached hydrogen (secondary N) is 2. The first-order valence-electron chi connectivity index (χ1n) is 6.02. The lowest BCUT2D eigenvalue weighted by molar-refractivity contribution is 0.863.